The van der Waals surface area contributed by atoms with Crippen molar-refractivity contribution in [2.24, 2.45) is 4.99 Å². The van der Waals surface area contributed by atoms with Gasteiger partial charge >= 0.3 is 0 Å². The topological polar surface area (TPSA) is 12.4 Å². The van der Waals surface area contributed by atoms with Gasteiger partial charge in [0.2, 0.25) is 0 Å². The number of hydrogen-bond donors (Lipinski definition) is 0. The maximum Gasteiger partial charge on any atom is 0.0367 e. The van der Waals surface area contributed by atoms with Gasteiger partial charge in [0.15, 0.2) is 0 Å². The zero-order valence-corrected chi connectivity index (χ0v) is 6.31. The van der Waals surface area contributed by atoms with Gasteiger partial charge < -0.3 is 0 Å². The Balaban J connectivity index is 0. The molecule has 0 N–H and O–H groups in total. The van der Waals surface area contributed by atoms with Gasteiger partial charge in [0.25, 0.3) is 0 Å². The van der Waals surface area contributed by atoms with E-state index in [1.807, 2.05) is 32.9 Å². The van der Waals surface area contributed by atoms with Crippen molar-refractivity contribution in [1.82, 2.24) is 0 Å². The quantitative estimate of drug-likeness (QED) is 0.397. The van der Waals surface area contributed by atoms with E-state index in [0.29, 0.717) is 0 Å². The highest BCUT2D eigenvalue weighted by Crippen LogP contribution is 2.00. The molecule has 0 aliphatic carbocycles. The maximum atomic E-state index is 3.75. The first-order valence-electron chi connectivity index (χ1n) is 2.98. The second-order valence-electron chi connectivity index (χ2n) is 1.98. The van der Waals surface area contributed by atoms with Crippen LogP contribution in [0.25, 0.3) is 0 Å². The average Bonchev–Trinajstić information content (AvgIpc) is 1.87. The van der Waals surface area contributed by atoms with Gasteiger partial charge in [-0.25, -0.2) is 0 Å². The number of nitrogens with zero attached hydrogens (tertiary/aromatic N) is 1. The van der Waals surface area contributed by atoms with Gasteiger partial charge in [-0.1, -0.05) is 11.6 Å². The average molecular weight is 125 g/mol. The van der Waals surface area contributed by atoms with E-state index in [0.717, 1.165) is 5.70 Å². The molecule has 0 unspecified atom stereocenters. The van der Waals surface area contributed by atoms with Crippen molar-refractivity contribution in [3.05, 3.63) is 23.4 Å². The molecule has 0 saturated carbocycles. The number of rotatable bonds is 2. The summed E-state index contributed by atoms with van der Waals surface area (Å²) in [5, 5.41) is 0. The van der Waals surface area contributed by atoms with Crippen LogP contribution in [0, 0.1) is 0 Å². The maximum absolute atomic E-state index is 3.75. The second kappa shape index (κ2) is 4.07. The van der Waals surface area contributed by atoms with Crippen molar-refractivity contribution in [2.75, 3.05) is 0 Å². The normalized spacial score (nSPS) is 13.7. The van der Waals surface area contributed by atoms with E-state index in [1.165, 1.54) is 5.57 Å². The number of hydrogen-bond acceptors (Lipinski definition) is 1. The lowest BCUT2D eigenvalue weighted by Gasteiger charge is -1.89. The molecule has 0 aliphatic heterocycles. The van der Waals surface area contributed by atoms with E-state index in [2.05, 4.69) is 11.7 Å². The first-order chi connectivity index (χ1) is 4.20. The Hall–Kier alpha value is -0.850. The minimum atomic E-state index is 0. The molecular formula is C8H15N. The lowest BCUT2D eigenvalue weighted by atomic mass is 10.2. The predicted octanol–water partition coefficient (Wildman–Crippen LogP) is 2.80. The Morgan fingerprint density at radius 1 is 1.56 bits per heavy atom. The predicted molar refractivity (Wildman–Crippen MR) is 44.9 cm³/mol. The fourth-order valence-electron chi connectivity index (χ4n) is 0.458. The highest BCUT2D eigenvalue weighted by molar-refractivity contribution is 5.30. The molecule has 0 aromatic carbocycles. The van der Waals surface area contributed by atoms with Crippen LogP contribution in [0.4, 0.5) is 0 Å². The van der Waals surface area contributed by atoms with E-state index >= 15 is 0 Å². The van der Waals surface area contributed by atoms with E-state index in [4.69, 9.17) is 0 Å². The summed E-state index contributed by atoms with van der Waals surface area (Å²) in [6.45, 7) is 9.37. The summed E-state index contributed by atoms with van der Waals surface area (Å²) in [5.74, 6) is 0. The molecule has 0 amide bonds. The summed E-state index contributed by atoms with van der Waals surface area (Å²) in [4.78, 5) is 3.75. The first kappa shape index (κ1) is 8.15. The standard InChI is InChI=1S/C8H13N.H2/c1-5-7(2)6-8(3)9-4;/h5-6H,4H2,1-3H3;1H/b7-5-,8-6-;. The summed E-state index contributed by atoms with van der Waals surface area (Å²) in [6, 6.07) is 0. The van der Waals surface area contributed by atoms with Crippen LogP contribution in [-0.2, 0) is 0 Å². The molecule has 9 heavy (non-hydrogen) atoms. The molecule has 0 heterocycles. The molecule has 0 atom stereocenters. The van der Waals surface area contributed by atoms with Crippen molar-refractivity contribution >= 4 is 6.72 Å². The van der Waals surface area contributed by atoms with Crippen molar-refractivity contribution in [3.63, 3.8) is 0 Å². The fourth-order valence-corrected chi connectivity index (χ4v) is 0.458. The molecule has 0 rings (SSSR count). The van der Waals surface area contributed by atoms with Crippen LogP contribution in [-0.4, -0.2) is 6.72 Å². The molecule has 0 bridgehead atoms. The van der Waals surface area contributed by atoms with Gasteiger partial charge in [-0.05, 0) is 33.6 Å². The molecule has 1 heteroatoms. The fraction of sp³-hybridized carbons (Fsp3) is 0.375. The van der Waals surface area contributed by atoms with Crippen molar-refractivity contribution < 1.29 is 1.43 Å². The highest BCUT2D eigenvalue weighted by Gasteiger charge is 1.80. The van der Waals surface area contributed by atoms with E-state index in [1.54, 1.807) is 0 Å². The minimum absolute atomic E-state index is 0. The van der Waals surface area contributed by atoms with Crippen LogP contribution in [0.1, 0.15) is 22.2 Å². The molecule has 1 nitrogen and oxygen atoms in total. The van der Waals surface area contributed by atoms with Crippen LogP contribution < -0.4 is 0 Å². The van der Waals surface area contributed by atoms with E-state index in [-0.39, 0.29) is 1.43 Å². The summed E-state index contributed by atoms with van der Waals surface area (Å²) >= 11 is 0. The lowest BCUT2D eigenvalue weighted by Crippen LogP contribution is -1.69. The molecule has 0 radical (unpaired) electrons. The van der Waals surface area contributed by atoms with Crippen LogP contribution in [0.5, 0.6) is 0 Å². The third-order valence-corrected chi connectivity index (χ3v) is 1.14. The third kappa shape index (κ3) is 3.71. The van der Waals surface area contributed by atoms with Crippen LogP contribution >= 0.6 is 0 Å². The van der Waals surface area contributed by atoms with Gasteiger partial charge in [-0.3, -0.25) is 4.99 Å². The Labute approximate surface area is 58.3 Å². The van der Waals surface area contributed by atoms with Crippen molar-refractivity contribution in [3.8, 4) is 0 Å². The summed E-state index contributed by atoms with van der Waals surface area (Å²) in [5.41, 5.74) is 2.19. The molecule has 0 spiro atoms. The number of aliphatic imine (C=N–C) groups is 1. The minimum Gasteiger partial charge on any atom is -0.269 e. The van der Waals surface area contributed by atoms with Crippen molar-refractivity contribution in [2.45, 2.75) is 20.8 Å². The Morgan fingerprint density at radius 2 is 2.11 bits per heavy atom. The summed E-state index contributed by atoms with van der Waals surface area (Å²) in [7, 11) is 0. The molecule has 0 aromatic rings. The van der Waals surface area contributed by atoms with Gasteiger partial charge in [0.05, 0.1) is 0 Å². The Bertz CT molecular complexity index is 157. The molecule has 0 aromatic heterocycles. The second-order valence-corrected chi connectivity index (χ2v) is 1.98. The van der Waals surface area contributed by atoms with Crippen LogP contribution in [0.15, 0.2) is 28.4 Å². The van der Waals surface area contributed by atoms with E-state index in [9.17, 15) is 0 Å². The van der Waals surface area contributed by atoms with Gasteiger partial charge in [-0.2, -0.15) is 0 Å². The zero-order chi connectivity index (χ0) is 7.28. The molecule has 0 aliphatic rings. The molecule has 0 fully saturated rings. The molecule has 0 saturated heterocycles. The van der Waals surface area contributed by atoms with Crippen molar-refractivity contribution in [1.29, 1.82) is 0 Å². The SMILES string of the molecule is C=N/C(C)=C\C(C)=C/C.[HH]. The third-order valence-electron chi connectivity index (χ3n) is 1.14. The van der Waals surface area contributed by atoms with Gasteiger partial charge in [0.1, 0.15) is 0 Å². The lowest BCUT2D eigenvalue weighted by molar-refractivity contribution is 1.29. The largest absolute Gasteiger partial charge is 0.269 e. The highest BCUT2D eigenvalue weighted by atomic mass is 14.7. The summed E-state index contributed by atoms with van der Waals surface area (Å²) < 4.78 is 0. The summed E-state index contributed by atoms with van der Waals surface area (Å²) in [6.07, 6.45) is 4.03. The first-order valence-corrected chi connectivity index (χ1v) is 2.98. The van der Waals surface area contributed by atoms with Gasteiger partial charge in [-0.15, -0.1) is 0 Å². The smallest absolute Gasteiger partial charge is 0.0367 e. The van der Waals surface area contributed by atoms with Crippen LogP contribution in [0.3, 0.4) is 0 Å². The monoisotopic (exact) mass is 125 g/mol. The molecular weight excluding hydrogens is 110 g/mol. The Morgan fingerprint density at radius 3 is 2.44 bits per heavy atom. The number of allylic oxidation sites excluding steroid dienone is 4. The van der Waals surface area contributed by atoms with Gasteiger partial charge in [0, 0.05) is 7.12 Å². The molecule has 52 valence electrons. The van der Waals surface area contributed by atoms with E-state index < -0.39 is 0 Å². The zero-order valence-electron chi connectivity index (χ0n) is 6.31. The van der Waals surface area contributed by atoms with Crippen LogP contribution in [0.2, 0.25) is 0 Å². The Kier molecular flexibility index (Phi) is 3.69.